The summed E-state index contributed by atoms with van der Waals surface area (Å²) in [5.41, 5.74) is 11.1. The maximum Gasteiger partial charge on any atom is 0.160 e. The molecule has 0 bridgehead atoms. The molecule has 0 amide bonds. The zero-order chi connectivity index (χ0) is 31.9. The molecule has 0 unspecified atom stereocenters. The Morgan fingerprint density at radius 1 is 0.292 bits per heavy atom. The van der Waals surface area contributed by atoms with E-state index in [9.17, 15) is 0 Å². The molecule has 48 heavy (non-hydrogen) atoms. The number of fused-ring (bicyclic) bond motifs is 4. The van der Waals surface area contributed by atoms with Gasteiger partial charge in [0.2, 0.25) is 0 Å². The van der Waals surface area contributed by atoms with E-state index in [0.717, 1.165) is 44.5 Å². The quantitative estimate of drug-likeness (QED) is 0.181. The zero-order valence-corrected chi connectivity index (χ0v) is 26.2. The number of rotatable bonds is 5. The van der Waals surface area contributed by atoms with Gasteiger partial charge >= 0.3 is 0 Å². The van der Waals surface area contributed by atoms with Crippen molar-refractivity contribution in [2.24, 2.45) is 0 Å². The minimum Gasteiger partial charge on any atom is -0.228 e. The fraction of sp³-hybridized carbons (Fsp3) is 0. The molecule has 0 aliphatic carbocycles. The highest BCUT2D eigenvalue weighted by Gasteiger charge is 2.15. The van der Waals surface area contributed by atoms with Crippen LogP contribution >= 0.6 is 0 Å². The van der Waals surface area contributed by atoms with Crippen LogP contribution in [-0.4, -0.2) is 9.97 Å². The lowest BCUT2D eigenvalue weighted by Crippen LogP contribution is -1.96. The first-order valence-corrected chi connectivity index (χ1v) is 16.3. The number of aromatic nitrogens is 2. The van der Waals surface area contributed by atoms with Gasteiger partial charge < -0.3 is 0 Å². The van der Waals surface area contributed by atoms with Crippen LogP contribution in [0, 0.1) is 0 Å². The largest absolute Gasteiger partial charge is 0.228 e. The Kier molecular flexibility index (Phi) is 6.84. The van der Waals surface area contributed by atoms with Crippen molar-refractivity contribution in [2.75, 3.05) is 0 Å². The molecule has 1 heterocycles. The minimum atomic E-state index is 0.732. The van der Waals surface area contributed by atoms with Crippen molar-refractivity contribution in [1.29, 1.82) is 0 Å². The molecule has 0 aliphatic heterocycles. The average Bonchev–Trinajstić information content (AvgIpc) is 3.17. The molecule has 0 radical (unpaired) electrons. The second kappa shape index (κ2) is 11.8. The van der Waals surface area contributed by atoms with E-state index >= 15 is 0 Å². The van der Waals surface area contributed by atoms with Crippen molar-refractivity contribution >= 4 is 32.4 Å². The summed E-state index contributed by atoms with van der Waals surface area (Å²) in [5.74, 6) is 0.732. The Balaban J connectivity index is 1.09. The summed E-state index contributed by atoms with van der Waals surface area (Å²) in [6.07, 6.45) is 0. The standard InChI is InChI=1S/C46H30N2/c1-2-12-35(13-3-1)46-47-43-27-26-33-11-6-7-19-42(33)44(43)45(48-46)34-23-20-32(21-24-34)37-15-8-16-38(28-37)39-17-9-18-40(30-39)41-25-22-31-10-4-5-14-36(31)29-41/h1-30H. The van der Waals surface area contributed by atoms with Gasteiger partial charge in [-0.05, 0) is 79.2 Å². The van der Waals surface area contributed by atoms with E-state index in [2.05, 4.69) is 164 Å². The smallest absolute Gasteiger partial charge is 0.160 e. The summed E-state index contributed by atoms with van der Waals surface area (Å²) in [6, 6.07) is 64.7. The van der Waals surface area contributed by atoms with Crippen molar-refractivity contribution in [3.8, 4) is 56.0 Å². The maximum atomic E-state index is 5.19. The Morgan fingerprint density at radius 3 is 1.54 bits per heavy atom. The summed E-state index contributed by atoms with van der Waals surface area (Å²) in [4.78, 5) is 10.2. The molecule has 1 aromatic heterocycles. The molecule has 9 rings (SSSR count). The third kappa shape index (κ3) is 5.10. The number of hydrogen-bond acceptors (Lipinski definition) is 2. The lowest BCUT2D eigenvalue weighted by atomic mass is 9.94. The van der Waals surface area contributed by atoms with Gasteiger partial charge in [-0.3, -0.25) is 0 Å². The molecule has 0 atom stereocenters. The fourth-order valence-corrected chi connectivity index (χ4v) is 6.77. The lowest BCUT2D eigenvalue weighted by molar-refractivity contribution is 1.23. The van der Waals surface area contributed by atoms with Crippen LogP contribution in [-0.2, 0) is 0 Å². The molecule has 0 aliphatic rings. The van der Waals surface area contributed by atoms with E-state index in [1.807, 2.05) is 18.2 Å². The maximum absolute atomic E-state index is 5.19. The number of hydrogen-bond donors (Lipinski definition) is 0. The van der Waals surface area contributed by atoms with Crippen molar-refractivity contribution in [2.45, 2.75) is 0 Å². The van der Waals surface area contributed by atoms with Gasteiger partial charge in [0.05, 0.1) is 11.2 Å². The van der Waals surface area contributed by atoms with Crippen molar-refractivity contribution in [3.63, 3.8) is 0 Å². The molecule has 0 spiro atoms. The van der Waals surface area contributed by atoms with E-state index in [1.165, 1.54) is 44.0 Å². The third-order valence-corrected chi connectivity index (χ3v) is 9.25. The SMILES string of the molecule is c1ccc(-c2nc(-c3ccc(-c4cccc(-c5cccc(-c6ccc7ccccc7c6)c5)c4)cc3)c3c(ccc4ccccc43)n2)cc1. The van der Waals surface area contributed by atoms with Crippen LogP contribution < -0.4 is 0 Å². The first kappa shape index (κ1) is 27.9. The topological polar surface area (TPSA) is 25.8 Å². The summed E-state index contributed by atoms with van der Waals surface area (Å²) in [6.45, 7) is 0. The predicted molar refractivity (Wildman–Crippen MR) is 202 cm³/mol. The molecule has 0 saturated carbocycles. The van der Waals surface area contributed by atoms with Crippen LogP contribution in [0.5, 0.6) is 0 Å². The van der Waals surface area contributed by atoms with Crippen LogP contribution in [0.2, 0.25) is 0 Å². The first-order valence-electron chi connectivity index (χ1n) is 16.3. The molecule has 2 nitrogen and oxygen atoms in total. The van der Waals surface area contributed by atoms with Crippen molar-refractivity contribution < 1.29 is 0 Å². The normalized spacial score (nSPS) is 11.3. The van der Waals surface area contributed by atoms with E-state index in [-0.39, 0.29) is 0 Å². The van der Waals surface area contributed by atoms with Crippen LogP contribution in [0.25, 0.3) is 88.5 Å². The van der Waals surface area contributed by atoms with Gasteiger partial charge in [-0.1, -0.05) is 158 Å². The van der Waals surface area contributed by atoms with E-state index < -0.39 is 0 Å². The average molecular weight is 611 g/mol. The second-order valence-corrected chi connectivity index (χ2v) is 12.2. The zero-order valence-electron chi connectivity index (χ0n) is 26.2. The van der Waals surface area contributed by atoms with E-state index in [4.69, 9.17) is 9.97 Å². The highest BCUT2D eigenvalue weighted by atomic mass is 14.9. The van der Waals surface area contributed by atoms with Gasteiger partial charge in [0.25, 0.3) is 0 Å². The summed E-state index contributed by atoms with van der Waals surface area (Å²) in [7, 11) is 0. The van der Waals surface area contributed by atoms with Crippen LogP contribution in [0.1, 0.15) is 0 Å². The Hall–Kier alpha value is -6.38. The fourth-order valence-electron chi connectivity index (χ4n) is 6.77. The lowest BCUT2D eigenvalue weighted by Gasteiger charge is -2.13. The van der Waals surface area contributed by atoms with Crippen molar-refractivity contribution in [3.05, 3.63) is 182 Å². The molecule has 2 heteroatoms. The van der Waals surface area contributed by atoms with Crippen LogP contribution in [0.15, 0.2) is 182 Å². The summed E-state index contributed by atoms with van der Waals surface area (Å²) < 4.78 is 0. The molecule has 9 aromatic rings. The van der Waals surface area contributed by atoms with Crippen LogP contribution in [0.4, 0.5) is 0 Å². The van der Waals surface area contributed by atoms with Gasteiger partial charge in [0.15, 0.2) is 5.82 Å². The Labute approximate surface area is 279 Å². The third-order valence-electron chi connectivity index (χ3n) is 9.25. The Bertz CT molecular complexity index is 2600. The van der Waals surface area contributed by atoms with E-state index in [0.29, 0.717) is 0 Å². The summed E-state index contributed by atoms with van der Waals surface area (Å²) in [5, 5.41) is 5.93. The summed E-state index contributed by atoms with van der Waals surface area (Å²) >= 11 is 0. The molecule has 0 saturated heterocycles. The van der Waals surface area contributed by atoms with Crippen molar-refractivity contribution in [1.82, 2.24) is 9.97 Å². The molecule has 0 fully saturated rings. The number of nitrogens with zero attached hydrogens (tertiary/aromatic N) is 2. The van der Waals surface area contributed by atoms with Gasteiger partial charge in [-0.25, -0.2) is 9.97 Å². The molecule has 8 aromatic carbocycles. The number of benzene rings is 8. The molecule has 224 valence electrons. The van der Waals surface area contributed by atoms with Crippen LogP contribution in [0.3, 0.4) is 0 Å². The van der Waals surface area contributed by atoms with Gasteiger partial charge in [-0.15, -0.1) is 0 Å². The van der Waals surface area contributed by atoms with E-state index in [1.54, 1.807) is 0 Å². The van der Waals surface area contributed by atoms with Gasteiger partial charge in [0.1, 0.15) is 0 Å². The highest BCUT2D eigenvalue weighted by Crippen LogP contribution is 2.36. The Morgan fingerprint density at radius 2 is 0.812 bits per heavy atom. The first-order chi connectivity index (χ1) is 23.8. The van der Waals surface area contributed by atoms with Gasteiger partial charge in [-0.2, -0.15) is 0 Å². The molecule has 0 N–H and O–H groups in total. The second-order valence-electron chi connectivity index (χ2n) is 12.2. The minimum absolute atomic E-state index is 0.732. The predicted octanol–water partition coefficient (Wildman–Crippen LogP) is 12.3. The van der Waals surface area contributed by atoms with Gasteiger partial charge in [0, 0.05) is 16.5 Å². The molecular weight excluding hydrogens is 581 g/mol. The monoisotopic (exact) mass is 610 g/mol. The molecular formula is C46H30N2. The highest BCUT2D eigenvalue weighted by molar-refractivity contribution is 6.12.